The van der Waals surface area contributed by atoms with E-state index in [-0.39, 0.29) is 19.0 Å². The van der Waals surface area contributed by atoms with Gasteiger partial charge < -0.3 is 19.5 Å². The van der Waals surface area contributed by atoms with Crippen LogP contribution in [0.4, 0.5) is 9.18 Å². The first-order chi connectivity index (χ1) is 12.7. The predicted octanol–water partition coefficient (Wildman–Crippen LogP) is 4.23. The van der Waals surface area contributed by atoms with Crippen LogP contribution in [0, 0.1) is 5.82 Å². The molecule has 150 valence electrons. The summed E-state index contributed by atoms with van der Waals surface area (Å²) in [7, 11) is 0. The van der Waals surface area contributed by atoms with Crippen LogP contribution in [0.15, 0.2) is 18.2 Å². The molecular weight excluding hydrogens is 349 g/mol. The zero-order valence-electron chi connectivity index (χ0n) is 16.5. The Morgan fingerprint density at radius 3 is 2.70 bits per heavy atom. The standard InChI is InChI=1S/C21H30FNO4/c1-20(2,3)27-19(24)23-11-10-21(25,13-23)14-26-18-9-8-16(22)12-17(18)15-6-4-5-7-15/h8-9,12,15,25H,4-7,10-11,13-14H2,1-3H3. The highest BCUT2D eigenvalue weighted by Crippen LogP contribution is 2.39. The number of amides is 1. The fourth-order valence-electron chi connectivity index (χ4n) is 3.88. The molecule has 1 amide bonds. The van der Waals surface area contributed by atoms with Crippen molar-refractivity contribution >= 4 is 6.09 Å². The monoisotopic (exact) mass is 379 g/mol. The molecule has 0 radical (unpaired) electrons. The number of ether oxygens (including phenoxy) is 2. The maximum absolute atomic E-state index is 13.7. The van der Waals surface area contributed by atoms with E-state index in [0.717, 1.165) is 31.2 Å². The van der Waals surface area contributed by atoms with E-state index in [9.17, 15) is 14.3 Å². The summed E-state index contributed by atoms with van der Waals surface area (Å²) in [6.07, 6.45) is 4.37. The summed E-state index contributed by atoms with van der Waals surface area (Å²) in [6, 6.07) is 4.59. The fourth-order valence-corrected chi connectivity index (χ4v) is 3.88. The minimum atomic E-state index is -1.13. The van der Waals surface area contributed by atoms with E-state index >= 15 is 0 Å². The molecule has 1 heterocycles. The lowest BCUT2D eigenvalue weighted by Crippen LogP contribution is -2.42. The van der Waals surface area contributed by atoms with E-state index in [1.807, 2.05) is 20.8 Å². The van der Waals surface area contributed by atoms with Crippen molar-refractivity contribution in [1.29, 1.82) is 0 Å². The average Bonchev–Trinajstić information content (AvgIpc) is 3.22. The Morgan fingerprint density at radius 2 is 2.04 bits per heavy atom. The van der Waals surface area contributed by atoms with E-state index in [2.05, 4.69) is 0 Å². The number of hydrogen-bond donors (Lipinski definition) is 1. The third-order valence-corrected chi connectivity index (χ3v) is 5.25. The number of hydrogen-bond acceptors (Lipinski definition) is 4. The van der Waals surface area contributed by atoms with Crippen molar-refractivity contribution in [3.8, 4) is 5.75 Å². The topological polar surface area (TPSA) is 59.0 Å². The van der Waals surface area contributed by atoms with Gasteiger partial charge in [-0.15, -0.1) is 0 Å². The number of likely N-dealkylation sites (tertiary alicyclic amines) is 1. The van der Waals surface area contributed by atoms with Gasteiger partial charge in [0, 0.05) is 12.1 Å². The first-order valence-corrected chi connectivity index (χ1v) is 9.78. The molecule has 2 aliphatic rings. The summed E-state index contributed by atoms with van der Waals surface area (Å²) in [6.45, 7) is 6.10. The number of carbonyl (C=O) groups excluding carboxylic acids is 1. The van der Waals surface area contributed by atoms with E-state index in [1.54, 1.807) is 12.1 Å². The summed E-state index contributed by atoms with van der Waals surface area (Å²) in [5.74, 6) is 0.680. The van der Waals surface area contributed by atoms with Gasteiger partial charge in [0.05, 0.1) is 6.54 Å². The van der Waals surface area contributed by atoms with Crippen molar-refractivity contribution in [3.05, 3.63) is 29.6 Å². The smallest absolute Gasteiger partial charge is 0.410 e. The number of nitrogens with zero attached hydrogens (tertiary/aromatic N) is 1. The number of rotatable bonds is 4. The van der Waals surface area contributed by atoms with Crippen LogP contribution in [-0.2, 0) is 4.74 Å². The number of benzene rings is 1. The van der Waals surface area contributed by atoms with E-state index in [4.69, 9.17) is 9.47 Å². The summed E-state index contributed by atoms with van der Waals surface area (Å²) >= 11 is 0. The predicted molar refractivity (Wildman–Crippen MR) is 100 cm³/mol. The van der Waals surface area contributed by atoms with Crippen LogP contribution < -0.4 is 4.74 Å². The van der Waals surface area contributed by atoms with Crippen LogP contribution in [-0.4, -0.2) is 47.0 Å². The number of aliphatic hydroxyl groups is 1. The van der Waals surface area contributed by atoms with Gasteiger partial charge in [0.1, 0.15) is 29.4 Å². The summed E-state index contributed by atoms with van der Waals surface area (Å²) in [4.78, 5) is 13.7. The van der Waals surface area contributed by atoms with Crippen molar-refractivity contribution in [2.45, 2.75) is 70.0 Å². The highest BCUT2D eigenvalue weighted by atomic mass is 19.1. The normalized spacial score (nSPS) is 23.7. The molecule has 0 bridgehead atoms. The van der Waals surface area contributed by atoms with Gasteiger partial charge in [-0.1, -0.05) is 12.8 Å². The first kappa shape index (κ1) is 19.9. The number of carbonyl (C=O) groups is 1. The second kappa shape index (κ2) is 7.66. The maximum atomic E-state index is 13.7. The van der Waals surface area contributed by atoms with Gasteiger partial charge in [-0.25, -0.2) is 9.18 Å². The van der Waals surface area contributed by atoms with E-state index < -0.39 is 17.3 Å². The van der Waals surface area contributed by atoms with Crippen molar-refractivity contribution in [2.75, 3.05) is 19.7 Å². The Bertz CT molecular complexity index is 681. The summed E-state index contributed by atoms with van der Waals surface area (Å²) in [5, 5.41) is 10.8. The molecule has 1 N–H and O–H groups in total. The van der Waals surface area contributed by atoms with Gasteiger partial charge in [0.25, 0.3) is 0 Å². The average molecular weight is 379 g/mol. The van der Waals surface area contributed by atoms with Crippen LogP contribution in [0.2, 0.25) is 0 Å². The van der Waals surface area contributed by atoms with Crippen molar-refractivity contribution in [3.63, 3.8) is 0 Å². The van der Waals surface area contributed by atoms with Crippen molar-refractivity contribution in [1.82, 2.24) is 4.90 Å². The van der Waals surface area contributed by atoms with Gasteiger partial charge in [0.15, 0.2) is 0 Å². The van der Waals surface area contributed by atoms with Gasteiger partial charge in [-0.2, -0.15) is 0 Å². The molecule has 0 aromatic heterocycles. The highest BCUT2D eigenvalue weighted by Gasteiger charge is 2.40. The lowest BCUT2D eigenvalue weighted by molar-refractivity contribution is -0.00579. The molecule has 2 fully saturated rings. The Kier molecular flexibility index (Phi) is 5.65. The molecule has 1 atom stereocenters. The van der Waals surface area contributed by atoms with Crippen LogP contribution in [0.5, 0.6) is 5.75 Å². The molecule has 1 aromatic carbocycles. The van der Waals surface area contributed by atoms with Gasteiger partial charge in [-0.3, -0.25) is 0 Å². The number of β-amino-alcohol motifs (C(OH)–C–C–N with tert-alkyl or cyclic N) is 1. The second-order valence-corrected chi connectivity index (χ2v) is 8.83. The van der Waals surface area contributed by atoms with E-state index in [0.29, 0.717) is 24.6 Å². The lowest BCUT2D eigenvalue weighted by atomic mass is 9.96. The molecule has 1 unspecified atom stereocenters. The Hall–Kier alpha value is -1.82. The molecule has 5 nitrogen and oxygen atoms in total. The SMILES string of the molecule is CC(C)(C)OC(=O)N1CCC(O)(COc2ccc(F)cc2C2CCCC2)C1. The number of halogens is 1. The van der Waals surface area contributed by atoms with Crippen LogP contribution in [0.1, 0.15) is 64.4 Å². The molecule has 1 aliphatic carbocycles. The quantitative estimate of drug-likeness (QED) is 0.850. The molecule has 1 saturated carbocycles. The largest absolute Gasteiger partial charge is 0.490 e. The van der Waals surface area contributed by atoms with Crippen LogP contribution >= 0.6 is 0 Å². The minimum absolute atomic E-state index is 0.0671. The third-order valence-electron chi connectivity index (χ3n) is 5.25. The summed E-state index contributed by atoms with van der Waals surface area (Å²) in [5.41, 5.74) is -0.810. The molecule has 27 heavy (non-hydrogen) atoms. The van der Waals surface area contributed by atoms with E-state index in [1.165, 1.54) is 11.0 Å². The van der Waals surface area contributed by atoms with Crippen LogP contribution in [0.25, 0.3) is 0 Å². The molecule has 1 aromatic rings. The molecular formula is C21H30FNO4. The highest BCUT2D eigenvalue weighted by molar-refractivity contribution is 5.68. The van der Waals surface area contributed by atoms with Crippen molar-refractivity contribution in [2.24, 2.45) is 0 Å². The zero-order chi connectivity index (χ0) is 19.7. The Balaban J connectivity index is 1.62. The second-order valence-electron chi connectivity index (χ2n) is 8.83. The Labute approximate surface area is 160 Å². The minimum Gasteiger partial charge on any atom is -0.490 e. The Morgan fingerprint density at radius 1 is 1.33 bits per heavy atom. The van der Waals surface area contributed by atoms with Gasteiger partial charge >= 0.3 is 6.09 Å². The van der Waals surface area contributed by atoms with Gasteiger partial charge in [0.2, 0.25) is 0 Å². The lowest BCUT2D eigenvalue weighted by Gasteiger charge is -2.27. The summed E-state index contributed by atoms with van der Waals surface area (Å²) < 4.78 is 25.0. The van der Waals surface area contributed by atoms with Crippen LogP contribution in [0.3, 0.4) is 0 Å². The zero-order valence-corrected chi connectivity index (χ0v) is 16.5. The van der Waals surface area contributed by atoms with Gasteiger partial charge in [-0.05, 0) is 64.2 Å². The molecule has 1 aliphatic heterocycles. The molecule has 6 heteroatoms. The molecule has 1 saturated heterocycles. The third kappa shape index (κ3) is 5.12. The molecule has 3 rings (SSSR count). The fraction of sp³-hybridized carbons (Fsp3) is 0.667. The van der Waals surface area contributed by atoms with Crippen molar-refractivity contribution < 1.29 is 23.8 Å². The molecule has 0 spiro atoms. The maximum Gasteiger partial charge on any atom is 0.410 e. The first-order valence-electron chi connectivity index (χ1n) is 9.78.